The molecule has 0 bridgehead atoms. The molecule has 0 radical (unpaired) electrons. The molecule has 0 unspecified atom stereocenters. The summed E-state index contributed by atoms with van der Waals surface area (Å²) in [6.07, 6.45) is 4.40. The van der Waals surface area contributed by atoms with Crippen LogP contribution < -0.4 is 0 Å². The Bertz CT molecular complexity index is 550. The second kappa shape index (κ2) is 5.05. The Kier molecular flexibility index (Phi) is 3.25. The van der Waals surface area contributed by atoms with Crippen LogP contribution in [-0.2, 0) is 6.54 Å². The van der Waals surface area contributed by atoms with E-state index < -0.39 is 0 Å². The fourth-order valence-electron chi connectivity index (χ4n) is 2.75. The zero-order valence-corrected chi connectivity index (χ0v) is 11.2. The summed E-state index contributed by atoms with van der Waals surface area (Å²) in [5, 5.41) is 14.2. The van der Waals surface area contributed by atoms with Crippen molar-refractivity contribution in [2.75, 3.05) is 13.6 Å². The predicted molar refractivity (Wildman–Crippen MR) is 75.0 cm³/mol. The third-order valence-corrected chi connectivity index (χ3v) is 3.90. The van der Waals surface area contributed by atoms with Crippen LogP contribution in [0.2, 0.25) is 0 Å². The van der Waals surface area contributed by atoms with E-state index in [1.54, 1.807) is 0 Å². The van der Waals surface area contributed by atoms with Gasteiger partial charge in [0.25, 0.3) is 0 Å². The second-order valence-electron chi connectivity index (χ2n) is 5.23. The summed E-state index contributed by atoms with van der Waals surface area (Å²) in [6.45, 7) is 2.00. The Hall–Kier alpha value is -1.81. The van der Waals surface area contributed by atoms with Gasteiger partial charge in [-0.05, 0) is 32.0 Å². The maximum atomic E-state index is 9.98. The largest absolute Gasteiger partial charge is 0.492 e. The number of benzene rings is 1. The van der Waals surface area contributed by atoms with E-state index in [1.165, 1.54) is 12.8 Å². The summed E-state index contributed by atoms with van der Waals surface area (Å²) in [5.74, 6) is 0.117. The number of aromatic nitrogens is 2. The molecule has 1 aliphatic heterocycles. The monoisotopic (exact) mass is 257 g/mol. The first-order chi connectivity index (χ1) is 9.24. The van der Waals surface area contributed by atoms with Gasteiger partial charge in [0.05, 0.1) is 12.1 Å². The topological polar surface area (TPSA) is 41.3 Å². The predicted octanol–water partition coefficient (Wildman–Crippen LogP) is 2.35. The summed E-state index contributed by atoms with van der Waals surface area (Å²) in [6, 6.07) is 10.4. The van der Waals surface area contributed by atoms with E-state index in [-0.39, 0.29) is 5.88 Å². The summed E-state index contributed by atoms with van der Waals surface area (Å²) in [4.78, 5) is 2.36. The fraction of sp³-hybridized carbons (Fsp3) is 0.400. The molecule has 0 amide bonds. The van der Waals surface area contributed by atoms with Crippen LogP contribution in [0.3, 0.4) is 0 Å². The lowest BCUT2D eigenvalue weighted by atomic mass is 10.1. The molecule has 1 atom stereocenters. The molecule has 4 nitrogen and oxygen atoms in total. The van der Waals surface area contributed by atoms with Gasteiger partial charge in [0.15, 0.2) is 0 Å². The minimum Gasteiger partial charge on any atom is -0.492 e. The normalized spacial score (nSPS) is 19.9. The molecule has 4 heteroatoms. The number of likely N-dealkylation sites (N-methyl/N-ethyl adjacent to an activating group) is 1. The van der Waals surface area contributed by atoms with E-state index >= 15 is 0 Å². The number of hydrogen-bond donors (Lipinski definition) is 1. The number of likely N-dealkylation sites (tertiary alicyclic amines) is 1. The van der Waals surface area contributed by atoms with E-state index in [9.17, 15) is 5.11 Å². The van der Waals surface area contributed by atoms with Crippen molar-refractivity contribution in [1.82, 2.24) is 14.7 Å². The Morgan fingerprint density at radius 1 is 1.32 bits per heavy atom. The number of aromatic hydroxyl groups is 1. The van der Waals surface area contributed by atoms with Gasteiger partial charge >= 0.3 is 0 Å². The lowest BCUT2D eigenvalue weighted by Gasteiger charge is -2.18. The van der Waals surface area contributed by atoms with E-state index in [0.29, 0.717) is 6.04 Å². The molecule has 100 valence electrons. The Balaban J connectivity index is 1.81. The number of rotatable bonds is 3. The molecule has 1 aliphatic rings. The van der Waals surface area contributed by atoms with Gasteiger partial charge in [-0.1, -0.05) is 30.3 Å². The molecule has 0 aliphatic carbocycles. The summed E-state index contributed by atoms with van der Waals surface area (Å²) in [5.41, 5.74) is 1.81. The maximum absolute atomic E-state index is 9.98. The van der Waals surface area contributed by atoms with Crippen molar-refractivity contribution in [3.05, 3.63) is 36.5 Å². The summed E-state index contributed by atoms with van der Waals surface area (Å²) >= 11 is 0. The lowest BCUT2D eigenvalue weighted by molar-refractivity contribution is 0.272. The van der Waals surface area contributed by atoms with Gasteiger partial charge in [0, 0.05) is 12.2 Å². The molecule has 1 N–H and O–H groups in total. The van der Waals surface area contributed by atoms with Crippen molar-refractivity contribution in [3.63, 3.8) is 0 Å². The molecule has 1 aromatic heterocycles. The van der Waals surface area contributed by atoms with Gasteiger partial charge < -0.3 is 10.0 Å². The van der Waals surface area contributed by atoms with Crippen LogP contribution >= 0.6 is 0 Å². The third kappa shape index (κ3) is 2.49. The van der Waals surface area contributed by atoms with Crippen molar-refractivity contribution < 1.29 is 5.11 Å². The molecule has 19 heavy (non-hydrogen) atoms. The first-order valence-electron chi connectivity index (χ1n) is 6.76. The highest BCUT2D eigenvalue weighted by Gasteiger charge is 2.22. The van der Waals surface area contributed by atoms with E-state index in [4.69, 9.17) is 0 Å². The first-order valence-corrected chi connectivity index (χ1v) is 6.76. The first kappa shape index (κ1) is 12.2. The molecule has 2 aromatic rings. The molecule has 1 fully saturated rings. The molecular weight excluding hydrogens is 238 g/mol. The van der Waals surface area contributed by atoms with Crippen LogP contribution in [0.1, 0.15) is 12.8 Å². The highest BCUT2D eigenvalue weighted by molar-refractivity contribution is 5.67. The van der Waals surface area contributed by atoms with Crippen molar-refractivity contribution in [2.24, 2.45) is 0 Å². The highest BCUT2D eigenvalue weighted by atomic mass is 16.3. The van der Waals surface area contributed by atoms with Crippen LogP contribution in [0.4, 0.5) is 0 Å². The molecule has 0 saturated carbocycles. The average Bonchev–Trinajstić information content (AvgIpc) is 2.98. The second-order valence-corrected chi connectivity index (χ2v) is 5.23. The molecular formula is C15H19N3O. The minimum absolute atomic E-state index is 0.117. The Morgan fingerprint density at radius 3 is 2.79 bits per heavy atom. The zero-order valence-electron chi connectivity index (χ0n) is 11.2. The SMILES string of the molecule is CN1CCC[C@H]1Cn1cc(-c2ccccc2)c(O)n1. The van der Waals surface area contributed by atoms with Crippen LogP contribution in [-0.4, -0.2) is 39.4 Å². The van der Waals surface area contributed by atoms with E-state index in [0.717, 1.165) is 24.2 Å². The summed E-state index contributed by atoms with van der Waals surface area (Å²) < 4.78 is 1.87. The lowest BCUT2D eigenvalue weighted by Crippen LogP contribution is -2.29. The molecule has 1 saturated heterocycles. The van der Waals surface area contributed by atoms with Gasteiger partial charge in [0.1, 0.15) is 0 Å². The molecule has 1 aromatic carbocycles. The van der Waals surface area contributed by atoms with Gasteiger partial charge in [0.2, 0.25) is 5.88 Å². The van der Waals surface area contributed by atoms with Crippen LogP contribution in [0.15, 0.2) is 36.5 Å². The molecule has 2 heterocycles. The van der Waals surface area contributed by atoms with E-state index in [2.05, 4.69) is 17.0 Å². The highest BCUT2D eigenvalue weighted by Crippen LogP contribution is 2.28. The third-order valence-electron chi connectivity index (χ3n) is 3.90. The number of nitrogens with zero attached hydrogens (tertiary/aromatic N) is 3. The van der Waals surface area contributed by atoms with Crippen molar-refractivity contribution in [3.8, 4) is 17.0 Å². The number of hydrogen-bond acceptors (Lipinski definition) is 3. The average molecular weight is 257 g/mol. The van der Waals surface area contributed by atoms with Crippen LogP contribution in [0.25, 0.3) is 11.1 Å². The van der Waals surface area contributed by atoms with Gasteiger partial charge in [-0.2, -0.15) is 0 Å². The summed E-state index contributed by atoms with van der Waals surface area (Å²) in [7, 11) is 2.15. The smallest absolute Gasteiger partial charge is 0.238 e. The Labute approximate surface area is 113 Å². The fourth-order valence-corrected chi connectivity index (χ4v) is 2.75. The minimum atomic E-state index is 0.117. The van der Waals surface area contributed by atoms with Crippen LogP contribution in [0, 0.1) is 0 Å². The molecule has 3 rings (SSSR count). The maximum Gasteiger partial charge on any atom is 0.238 e. The van der Waals surface area contributed by atoms with Crippen molar-refractivity contribution in [1.29, 1.82) is 0 Å². The van der Waals surface area contributed by atoms with Gasteiger partial charge in [-0.25, -0.2) is 0 Å². The molecule has 0 spiro atoms. The Morgan fingerprint density at radius 2 is 2.11 bits per heavy atom. The van der Waals surface area contributed by atoms with Gasteiger partial charge in [-0.15, -0.1) is 5.10 Å². The van der Waals surface area contributed by atoms with Crippen molar-refractivity contribution in [2.45, 2.75) is 25.4 Å². The quantitative estimate of drug-likeness (QED) is 0.917. The standard InChI is InChI=1S/C15H19N3O/c1-17-9-5-8-13(17)10-18-11-14(15(19)16-18)12-6-3-2-4-7-12/h2-4,6-7,11,13H,5,8-10H2,1H3,(H,16,19)/t13-/m0/s1. The van der Waals surface area contributed by atoms with Crippen LogP contribution in [0.5, 0.6) is 5.88 Å². The van der Waals surface area contributed by atoms with Crippen molar-refractivity contribution >= 4 is 0 Å². The van der Waals surface area contributed by atoms with Gasteiger partial charge in [-0.3, -0.25) is 4.68 Å². The van der Waals surface area contributed by atoms with E-state index in [1.807, 2.05) is 41.2 Å². The zero-order chi connectivity index (χ0) is 13.2.